The van der Waals surface area contributed by atoms with Gasteiger partial charge >= 0.3 is 0 Å². The Kier molecular flexibility index (Phi) is 3.67. The summed E-state index contributed by atoms with van der Waals surface area (Å²) >= 11 is 0. The zero-order chi connectivity index (χ0) is 14.3. The summed E-state index contributed by atoms with van der Waals surface area (Å²) in [5.74, 6) is -1.47. The van der Waals surface area contributed by atoms with Crippen LogP contribution in [0.1, 0.15) is 38.7 Å². The van der Waals surface area contributed by atoms with Crippen molar-refractivity contribution in [1.29, 1.82) is 0 Å². The molecule has 1 saturated carbocycles. The summed E-state index contributed by atoms with van der Waals surface area (Å²) in [7, 11) is 0. The molecular weight excluding hydrogens is 248 g/mol. The highest BCUT2D eigenvalue weighted by Gasteiger charge is 2.51. The molecule has 3 N–H and O–H groups in total. The van der Waals surface area contributed by atoms with E-state index in [4.69, 9.17) is 5.73 Å². The van der Waals surface area contributed by atoms with E-state index in [0.29, 0.717) is 5.92 Å². The lowest BCUT2D eigenvalue weighted by Gasteiger charge is -2.43. The fourth-order valence-electron chi connectivity index (χ4n) is 3.39. The second kappa shape index (κ2) is 4.84. The van der Waals surface area contributed by atoms with Gasteiger partial charge in [0.25, 0.3) is 0 Å². The maximum atomic E-state index is 14.0. The van der Waals surface area contributed by atoms with Crippen LogP contribution in [0.5, 0.6) is 0 Å². The van der Waals surface area contributed by atoms with Gasteiger partial charge in [-0.05, 0) is 38.2 Å². The SMILES string of the molecule is CC1CCC(CN)(C(C)(O)c2cccc(F)c2F)C1. The lowest BCUT2D eigenvalue weighted by atomic mass is 9.67. The zero-order valence-electron chi connectivity index (χ0n) is 11.4. The molecule has 0 saturated heterocycles. The molecule has 0 amide bonds. The molecule has 1 fully saturated rings. The fraction of sp³-hybridized carbons (Fsp3) is 0.600. The Morgan fingerprint density at radius 1 is 1.47 bits per heavy atom. The summed E-state index contributed by atoms with van der Waals surface area (Å²) in [5.41, 5.74) is 3.83. The summed E-state index contributed by atoms with van der Waals surface area (Å²) in [6, 6.07) is 3.92. The third-order valence-corrected chi connectivity index (χ3v) is 4.75. The van der Waals surface area contributed by atoms with E-state index >= 15 is 0 Å². The molecule has 1 aliphatic carbocycles. The molecule has 0 heterocycles. The van der Waals surface area contributed by atoms with Crippen LogP contribution in [0.15, 0.2) is 18.2 Å². The Labute approximate surface area is 112 Å². The smallest absolute Gasteiger partial charge is 0.164 e. The normalized spacial score (nSPS) is 30.3. The van der Waals surface area contributed by atoms with Crippen LogP contribution >= 0.6 is 0 Å². The number of nitrogens with two attached hydrogens (primary N) is 1. The van der Waals surface area contributed by atoms with Gasteiger partial charge in [0.1, 0.15) is 0 Å². The highest BCUT2D eigenvalue weighted by atomic mass is 19.2. The van der Waals surface area contributed by atoms with E-state index in [2.05, 4.69) is 6.92 Å². The topological polar surface area (TPSA) is 46.2 Å². The lowest BCUT2D eigenvalue weighted by molar-refractivity contribution is -0.0739. The van der Waals surface area contributed by atoms with Gasteiger partial charge in [-0.25, -0.2) is 8.78 Å². The van der Waals surface area contributed by atoms with Gasteiger partial charge in [-0.15, -0.1) is 0 Å². The van der Waals surface area contributed by atoms with Gasteiger partial charge < -0.3 is 10.8 Å². The van der Waals surface area contributed by atoms with Gasteiger partial charge in [-0.1, -0.05) is 19.1 Å². The largest absolute Gasteiger partial charge is 0.385 e. The van der Waals surface area contributed by atoms with Crippen molar-refractivity contribution in [2.45, 2.75) is 38.7 Å². The molecule has 0 bridgehead atoms. The van der Waals surface area contributed by atoms with Gasteiger partial charge in [0.05, 0.1) is 5.60 Å². The first-order valence-corrected chi connectivity index (χ1v) is 6.71. The molecule has 106 valence electrons. The Bertz CT molecular complexity index is 475. The Balaban J connectivity index is 2.49. The summed E-state index contributed by atoms with van der Waals surface area (Å²) in [6.07, 6.45) is 2.41. The van der Waals surface area contributed by atoms with Crippen LogP contribution in [0.4, 0.5) is 8.78 Å². The molecule has 3 atom stereocenters. The highest BCUT2D eigenvalue weighted by Crippen LogP contribution is 2.53. The van der Waals surface area contributed by atoms with E-state index in [1.54, 1.807) is 6.92 Å². The van der Waals surface area contributed by atoms with Crippen molar-refractivity contribution in [2.24, 2.45) is 17.1 Å². The van der Waals surface area contributed by atoms with Crippen molar-refractivity contribution in [3.05, 3.63) is 35.4 Å². The molecular formula is C15H21F2NO. The predicted octanol–water partition coefficient (Wildman–Crippen LogP) is 2.94. The summed E-state index contributed by atoms with van der Waals surface area (Å²) in [4.78, 5) is 0. The maximum absolute atomic E-state index is 14.0. The number of hydrogen-bond acceptors (Lipinski definition) is 2. The Morgan fingerprint density at radius 3 is 2.68 bits per heavy atom. The van der Waals surface area contributed by atoms with Crippen LogP contribution in [0.25, 0.3) is 0 Å². The first kappa shape index (κ1) is 14.4. The molecule has 3 unspecified atom stereocenters. The molecule has 1 aromatic carbocycles. The zero-order valence-corrected chi connectivity index (χ0v) is 11.4. The van der Waals surface area contributed by atoms with E-state index in [0.717, 1.165) is 25.3 Å². The highest BCUT2D eigenvalue weighted by molar-refractivity contribution is 5.28. The molecule has 1 aliphatic rings. The number of rotatable bonds is 3. The minimum Gasteiger partial charge on any atom is -0.385 e. The van der Waals surface area contributed by atoms with Crippen molar-refractivity contribution in [2.75, 3.05) is 6.54 Å². The minimum atomic E-state index is -1.46. The van der Waals surface area contributed by atoms with Crippen LogP contribution < -0.4 is 5.73 Å². The summed E-state index contributed by atoms with van der Waals surface area (Å²) in [5, 5.41) is 10.9. The standard InChI is InChI=1S/C15H21F2NO/c1-10-6-7-15(8-10,9-18)14(2,19)11-4-3-5-12(16)13(11)17/h3-5,10,19H,6-9,18H2,1-2H3. The summed E-state index contributed by atoms with van der Waals surface area (Å²) < 4.78 is 27.4. The van der Waals surface area contributed by atoms with Gasteiger partial charge in [-0.2, -0.15) is 0 Å². The molecule has 2 rings (SSSR count). The quantitative estimate of drug-likeness (QED) is 0.886. The molecule has 0 aromatic heterocycles. The van der Waals surface area contributed by atoms with Crippen molar-refractivity contribution in [1.82, 2.24) is 0 Å². The number of aliphatic hydroxyl groups is 1. The average Bonchev–Trinajstić information content (AvgIpc) is 2.76. The van der Waals surface area contributed by atoms with Crippen LogP contribution in [0.2, 0.25) is 0 Å². The summed E-state index contributed by atoms with van der Waals surface area (Å²) in [6.45, 7) is 3.91. The third kappa shape index (κ3) is 2.17. The maximum Gasteiger partial charge on any atom is 0.164 e. The van der Waals surface area contributed by atoms with E-state index < -0.39 is 22.7 Å². The van der Waals surface area contributed by atoms with Crippen LogP contribution in [-0.4, -0.2) is 11.7 Å². The van der Waals surface area contributed by atoms with Crippen molar-refractivity contribution >= 4 is 0 Å². The monoisotopic (exact) mass is 269 g/mol. The first-order chi connectivity index (χ1) is 8.84. The number of hydrogen-bond donors (Lipinski definition) is 2. The number of benzene rings is 1. The third-order valence-electron chi connectivity index (χ3n) is 4.75. The van der Waals surface area contributed by atoms with Crippen LogP contribution in [0, 0.1) is 23.0 Å². The van der Waals surface area contributed by atoms with Gasteiger partial charge in [-0.3, -0.25) is 0 Å². The van der Waals surface area contributed by atoms with Gasteiger partial charge in [0.15, 0.2) is 11.6 Å². The van der Waals surface area contributed by atoms with Gasteiger partial charge in [0, 0.05) is 17.5 Å². The molecule has 0 aliphatic heterocycles. The van der Waals surface area contributed by atoms with E-state index in [-0.39, 0.29) is 12.1 Å². The van der Waals surface area contributed by atoms with Crippen LogP contribution in [0.3, 0.4) is 0 Å². The molecule has 4 heteroatoms. The second-order valence-electron chi connectivity index (χ2n) is 6.01. The van der Waals surface area contributed by atoms with Crippen molar-refractivity contribution in [3.8, 4) is 0 Å². The van der Waals surface area contributed by atoms with Crippen molar-refractivity contribution < 1.29 is 13.9 Å². The van der Waals surface area contributed by atoms with E-state index in [1.807, 2.05) is 0 Å². The van der Waals surface area contributed by atoms with Crippen molar-refractivity contribution in [3.63, 3.8) is 0 Å². The fourth-order valence-corrected chi connectivity index (χ4v) is 3.39. The Hall–Kier alpha value is -1.00. The first-order valence-electron chi connectivity index (χ1n) is 6.71. The molecule has 1 aromatic rings. The van der Waals surface area contributed by atoms with Gasteiger partial charge in [0.2, 0.25) is 0 Å². The Morgan fingerprint density at radius 2 is 2.16 bits per heavy atom. The second-order valence-corrected chi connectivity index (χ2v) is 6.01. The minimum absolute atomic E-state index is 0.00653. The molecule has 0 spiro atoms. The van der Waals surface area contributed by atoms with E-state index in [1.165, 1.54) is 12.1 Å². The average molecular weight is 269 g/mol. The van der Waals surface area contributed by atoms with Crippen LogP contribution in [-0.2, 0) is 5.60 Å². The molecule has 0 radical (unpaired) electrons. The van der Waals surface area contributed by atoms with E-state index in [9.17, 15) is 13.9 Å². The molecule has 19 heavy (non-hydrogen) atoms. The lowest BCUT2D eigenvalue weighted by Crippen LogP contribution is -2.47. The molecule has 2 nitrogen and oxygen atoms in total. The predicted molar refractivity (Wildman–Crippen MR) is 70.4 cm³/mol. The number of halogens is 2.